The van der Waals surface area contributed by atoms with Gasteiger partial charge >= 0.3 is 0 Å². The second kappa shape index (κ2) is 9.38. The van der Waals surface area contributed by atoms with Crippen molar-refractivity contribution in [2.75, 3.05) is 11.9 Å². The number of hydrogen-bond acceptors (Lipinski definition) is 5. The van der Waals surface area contributed by atoms with Crippen LogP contribution in [0.5, 0.6) is 5.75 Å². The number of anilines is 1. The van der Waals surface area contributed by atoms with E-state index in [1.807, 2.05) is 0 Å². The highest BCUT2D eigenvalue weighted by atomic mass is 32.1. The molecule has 2 N–H and O–H groups in total. The number of nitriles is 1. The highest BCUT2D eigenvalue weighted by molar-refractivity contribution is 7.80. The Hall–Kier alpha value is -2.43. The third-order valence-electron chi connectivity index (χ3n) is 4.78. The molecule has 1 aromatic heterocycles. The number of rotatable bonds is 5. The summed E-state index contributed by atoms with van der Waals surface area (Å²) in [5.41, 5.74) is 2.27. The first-order valence-corrected chi connectivity index (χ1v) is 11.0. The van der Waals surface area contributed by atoms with E-state index < -0.39 is 0 Å². The van der Waals surface area contributed by atoms with Gasteiger partial charge in [-0.1, -0.05) is 20.8 Å². The lowest BCUT2D eigenvalue weighted by Gasteiger charge is -2.17. The first-order chi connectivity index (χ1) is 13.9. The third-order valence-corrected chi connectivity index (χ3v) is 6.15. The van der Waals surface area contributed by atoms with Gasteiger partial charge < -0.3 is 10.1 Å². The fourth-order valence-corrected chi connectivity index (χ4v) is 4.86. The number of ether oxygens (including phenoxy) is 1. The molecule has 29 heavy (non-hydrogen) atoms. The van der Waals surface area contributed by atoms with Crippen molar-refractivity contribution in [1.29, 1.82) is 5.26 Å². The number of nitrogens with zero attached hydrogens (tertiary/aromatic N) is 1. The molecule has 0 fully saturated rings. The lowest BCUT2D eigenvalue weighted by atomic mass is 9.89. The zero-order valence-corrected chi connectivity index (χ0v) is 18.5. The Labute approximate surface area is 181 Å². The van der Waals surface area contributed by atoms with Crippen molar-refractivity contribution in [1.82, 2.24) is 5.32 Å². The smallest absolute Gasteiger partial charge is 0.257 e. The van der Waals surface area contributed by atoms with Gasteiger partial charge in [-0.3, -0.25) is 10.1 Å². The fraction of sp³-hybridized carbons (Fsp3) is 0.409. The van der Waals surface area contributed by atoms with Crippen LogP contribution < -0.4 is 15.4 Å². The Balaban J connectivity index is 1.62. The number of nitrogens with one attached hydrogen (secondary N) is 2. The molecule has 1 heterocycles. The molecular formula is C22H25N3O2S2. The number of hydrogen-bond donors (Lipinski definition) is 2. The molecule has 0 saturated heterocycles. The van der Waals surface area contributed by atoms with Crippen LogP contribution in [0.2, 0.25) is 0 Å². The van der Waals surface area contributed by atoms with Crippen molar-refractivity contribution in [2.24, 2.45) is 11.8 Å². The van der Waals surface area contributed by atoms with Gasteiger partial charge in [0.15, 0.2) is 5.11 Å². The van der Waals surface area contributed by atoms with E-state index in [9.17, 15) is 10.1 Å². The van der Waals surface area contributed by atoms with E-state index >= 15 is 0 Å². The van der Waals surface area contributed by atoms with Crippen molar-refractivity contribution in [3.8, 4) is 11.8 Å². The molecule has 0 unspecified atom stereocenters. The molecule has 3 rings (SSSR count). The van der Waals surface area contributed by atoms with Crippen LogP contribution in [0.3, 0.4) is 0 Å². The SMILES string of the molecule is CC(C)COc1ccc(C(=O)NC(=S)Nc2sc3c(c2C#N)CC[C@H](C)C3)cc1. The fourth-order valence-electron chi connectivity index (χ4n) is 3.23. The first kappa shape index (κ1) is 21.3. The summed E-state index contributed by atoms with van der Waals surface area (Å²) >= 11 is 6.87. The molecule has 5 nitrogen and oxygen atoms in total. The molecule has 0 spiro atoms. The number of thiocarbonyl (C=S) groups is 1. The zero-order chi connectivity index (χ0) is 21.0. The van der Waals surface area contributed by atoms with E-state index in [4.69, 9.17) is 17.0 Å². The second-order valence-corrected chi connectivity index (χ2v) is 9.32. The quantitative estimate of drug-likeness (QED) is 0.664. The van der Waals surface area contributed by atoms with E-state index in [0.29, 0.717) is 34.6 Å². The van der Waals surface area contributed by atoms with Crippen molar-refractivity contribution in [2.45, 2.75) is 40.0 Å². The predicted octanol–water partition coefficient (Wildman–Crippen LogP) is 4.91. The van der Waals surface area contributed by atoms with E-state index in [2.05, 4.69) is 37.5 Å². The largest absolute Gasteiger partial charge is 0.493 e. The maximum atomic E-state index is 12.5. The molecule has 1 amide bonds. The minimum atomic E-state index is -0.300. The van der Waals surface area contributed by atoms with Gasteiger partial charge in [-0.05, 0) is 73.1 Å². The van der Waals surface area contributed by atoms with Crippen LogP contribution in [0.15, 0.2) is 24.3 Å². The molecule has 0 saturated carbocycles. The minimum Gasteiger partial charge on any atom is -0.493 e. The van der Waals surface area contributed by atoms with Crippen molar-refractivity contribution in [3.63, 3.8) is 0 Å². The molecule has 0 aliphatic heterocycles. The van der Waals surface area contributed by atoms with Crippen molar-refractivity contribution in [3.05, 3.63) is 45.8 Å². The molecule has 1 aliphatic carbocycles. The highest BCUT2D eigenvalue weighted by Crippen LogP contribution is 2.39. The summed E-state index contributed by atoms with van der Waals surface area (Å²) in [6, 6.07) is 9.26. The topological polar surface area (TPSA) is 74.2 Å². The number of carbonyl (C=O) groups excluding carboxylic acids is 1. The van der Waals surface area contributed by atoms with Crippen LogP contribution in [0.4, 0.5) is 5.00 Å². The van der Waals surface area contributed by atoms with Crippen LogP contribution in [0, 0.1) is 23.2 Å². The van der Waals surface area contributed by atoms with Gasteiger partial charge in [0.05, 0.1) is 12.2 Å². The van der Waals surface area contributed by atoms with Gasteiger partial charge in [-0.15, -0.1) is 11.3 Å². The molecular weight excluding hydrogens is 402 g/mol. The van der Waals surface area contributed by atoms with E-state index in [1.54, 1.807) is 35.6 Å². The van der Waals surface area contributed by atoms with Gasteiger partial charge in [0.25, 0.3) is 5.91 Å². The maximum Gasteiger partial charge on any atom is 0.257 e. The molecule has 1 aliphatic rings. The van der Waals surface area contributed by atoms with Crippen LogP contribution >= 0.6 is 23.6 Å². The first-order valence-electron chi connectivity index (χ1n) is 9.77. The molecule has 1 atom stereocenters. The lowest BCUT2D eigenvalue weighted by molar-refractivity contribution is 0.0977. The van der Waals surface area contributed by atoms with Crippen molar-refractivity contribution >= 4 is 39.6 Å². The molecule has 1 aromatic carbocycles. The van der Waals surface area contributed by atoms with Gasteiger partial charge in [0.2, 0.25) is 0 Å². The standard InChI is InChI=1S/C22H25N3O2S2/c1-13(2)12-27-16-7-5-15(6-8-16)20(26)24-22(28)25-21-18(11-23)17-9-4-14(3)10-19(17)29-21/h5-8,13-14H,4,9-10,12H2,1-3H3,(H2,24,25,26,28)/t14-/m0/s1. The highest BCUT2D eigenvalue weighted by Gasteiger charge is 2.24. The summed E-state index contributed by atoms with van der Waals surface area (Å²) in [7, 11) is 0. The Kier molecular flexibility index (Phi) is 6.88. The maximum absolute atomic E-state index is 12.5. The zero-order valence-electron chi connectivity index (χ0n) is 16.9. The third kappa shape index (κ3) is 5.34. The van der Waals surface area contributed by atoms with Gasteiger partial charge in [-0.2, -0.15) is 5.26 Å². The number of carbonyl (C=O) groups is 1. The Morgan fingerprint density at radius 3 is 2.76 bits per heavy atom. The van der Waals surface area contributed by atoms with E-state index in [0.717, 1.165) is 30.6 Å². The Morgan fingerprint density at radius 2 is 2.10 bits per heavy atom. The van der Waals surface area contributed by atoms with Gasteiger partial charge in [-0.25, -0.2) is 0 Å². The summed E-state index contributed by atoms with van der Waals surface area (Å²) in [4.78, 5) is 13.7. The summed E-state index contributed by atoms with van der Waals surface area (Å²) in [6.45, 7) is 7.02. The molecule has 0 bridgehead atoms. The Bertz CT molecular complexity index is 942. The van der Waals surface area contributed by atoms with Crippen LogP contribution in [-0.2, 0) is 12.8 Å². The Morgan fingerprint density at radius 1 is 1.38 bits per heavy atom. The van der Waals surface area contributed by atoms with Crippen LogP contribution in [0.25, 0.3) is 0 Å². The average Bonchev–Trinajstić information content (AvgIpc) is 3.02. The molecule has 7 heteroatoms. The molecule has 152 valence electrons. The number of benzene rings is 1. The monoisotopic (exact) mass is 427 g/mol. The van der Waals surface area contributed by atoms with E-state index in [1.165, 1.54) is 4.88 Å². The van der Waals surface area contributed by atoms with Crippen molar-refractivity contribution < 1.29 is 9.53 Å². The molecule has 0 radical (unpaired) electrons. The number of thiophene rings is 1. The summed E-state index contributed by atoms with van der Waals surface area (Å²) in [5.74, 6) is 1.49. The number of fused-ring (bicyclic) bond motifs is 1. The summed E-state index contributed by atoms with van der Waals surface area (Å²) < 4.78 is 5.64. The minimum absolute atomic E-state index is 0.193. The summed E-state index contributed by atoms with van der Waals surface area (Å²) in [5, 5.41) is 16.2. The van der Waals surface area contributed by atoms with E-state index in [-0.39, 0.29) is 11.0 Å². The number of amides is 1. The lowest BCUT2D eigenvalue weighted by Crippen LogP contribution is -2.34. The van der Waals surface area contributed by atoms with Crippen LogP contribution in [-0.4, -0.2) is 17.6 Å². The van der Waals surface area contributed by atoms with Gasteiger partial charge in [0.1, 0.15) is 16.8 Å². The van der Waals surface area contributed by atoms with Crippen LogP contribution in [0.1, 0.15) is 53.6 Å². The average molecular weight is 428 g/mol. The van der Waals surface area contributed by atoms with Gasteiger partial charge in [0, 0.05) is 10.4 Å². The normalized spacial score (nSPS) is 15.3. The molecule has 2 aromatic rings. The predicted molar refractivity (Wildman–Crippen MR) is 121 cm³/mol. The second-order valence-electron chi connectivity index (χ2n) is 7.81. The summed E-state index contributed by atoms with van der Waals surface area (Å²) in [6.07, 6.45) is 3.00.